The highest BCUT2D eigenvalue weighted by molar-refractivity contribution is 5.76. The Morgan fingerprint density at radius 3 is 2.85 bits per heavy atom. The van der Waals surface area contributed by atoms with Gasteiger partial charge >= 0.3 is 0 Å². The van der Waals surface area contributed by atoms with E-state index in [2.05, 4.69) is 56.0 Å². The summed E-state index contributed by atoms with van der Waals surface area (Å²) in [4.78, 5) is 0. The summed E-state index contributed by atoms with van der Waals surface area (Å²) in [6.45, 7) is 6.61. The van der Waals surface area contributed by atoms with Crippen molar-refractivity contribution in [2.24, 2.45) is 5.92 Å². The topological polar surface area (TPSA) is 3.01 Å². The molecule has 0 aromatic rings. The summed E-state index contributed by atoms with van der Waals surface area (Å²) in [5.41, 5.74) is 2.77. The van der Waals surface area contributed by atoms with Gasteiger partial charge in [0, 0.05) is 11.1 Å². The van der Waals surface area contributed by atoms with E-state index in [4.69, 9.17) is 0 Å². The molecule has 13 heavy (non-hydrogen) atoms. The van der Waals surface area contributed by atoms with Gasteiger partial charge in [-0.15, -0.1) is 0 Å². The molecule has 2 aliphatic heterocycles. The van der Waals surface area contributed by atoms with Crippen LogP contribution in [0.4, 0.5) is 0 Å². The standard InChI is InChI=1S/C12H16N/c1-9(2)11-4-5-12-6-10(3)7-13(12)8-11/h4-9,12H,1-3H3/q+1. The third kappa shape index (κ3) is 1.51. The Morgan fingerprint density at radius 2 is 2.15 bits per heavy atom. The number of hydrogen-bond acceptors (Lipinski definition) is 0. The van der Waals surface area contributed by atoms with Gasteiger partial charge in [0.2, 0.25) is 0 Å². The fourth-order valence-corrected chi connectivity index (χ4v) is 1.76. The normalized spacial score (nSPS) is 25.5. The Balaban J connectivity index is 2.30. The Morgan fingerprint density at radius 1 is 1.38 bits per heavy atom. The maximum absolute atomic E-state index is 2.28. The molecule has 0 fully saturated rings. The molecular formula is C12H16N+. The molecule has 2 aliphatic rings. The van der Waals surface area contributed by atoms with E-state index < -0.39 is 0 Å². The van der Waals surface area contributed by atoms with Crippen LogP contribution >= 0.6 is 0 Å². The Bertz CT molecular complexity index is 340. The van der Waals surface area contributed by atoms with Gasteiger partial charge in [0.25, 0.3) is 0 Å². The largest absolute Gasteiger partial charge is 0.196 e. The zero-order valence-electron chi connectivity index (χ0n) is 8.49. The van der Waals surface area contributed by atoms with Crippen molar-refractivity contribution in [3.05, 3.63) is 35.6 Å². The average Bonchev–Trinajstić information content (AvgIpc) is 2.42. The Hall–Kier alpha value is -1.11. The van der Waals surface area contributed by atoms with Crippen molar-refractivity contribution in [3.8, 4) is 0 Å². The first-order valence-corrected chi connectivity index (χ1v) is 4.87. The van der Waals surface area contributed by atoms with E-state index in [-0.39, 0.29) is 0 Å². The van der Waals surface area contributed by atoms with E-state index in [9.17, 15) is 0 Å². The maximum atomic E-state index is 2.28. The number of nitrogens with zero attached hydrogens (tertiary/aromatic N) is 1. The zero-order valence-corrected chi connectivity index (χ0v) is 8.49. The molecule has 2 heterocycles. The number of rotatable bonds is 1. The Kier molecular flexibility index (Phi) is 1.95. The molecule has 68 valence electrons. The van der Waals surface area contributed by atoms with Crippen LogP contribution in [0, 0.1) is 5.92 Å². The van der Waals surface area contributed by atoms with Gasteiger partial charge < -0.3 is 0 Å². The first kappa shape index (κ1) is 8.49. The summed E-state index contributed by atoms with van der Waals surface area (Å²) in [5, 5.41) is 0. The lowest BCUT2D eigenvalue weighted by atomic mass is 10.0. The summed E-state index contributed by atoms with van der Waals surface area (Å²) in [5.74, 6) is 0.617. The molecule has 0 aromatic carbocycles. The molecule has 0 bridgehead atoms. The van der Waals surface area contributed by atoms with E-state index in [1.165, 1.54) is 11.1 Å². The van der Waals surface area contributed by atoms with Gasteiger partial charge in [-0.1, -0.05) is 13.8 Å². The van der Waals surface area contributed by atoms with E-state index in [0.717, 1.165) is 0 Å². The van der Waals surface area contributed by atoms with Gasteiger partial charge in [0.1, 0.15) is 0 Å². The van der Waals surface area contributed by atoms with Crippen LogP contribution < -0.4 is 0 Å². The highest BCUT2D eigenvalue weighted by atomic mass is 15.0. The molecule has 0 saturated heterocycles. The molecule has 2 rings (SSSR count). The van der Waals surface area contributed by atoms with Gasteiger partial charge in [0.05, 0.1) is 0 Å². The molecule has 1 nitrogen and oxygen atoms in total. The quantitative estimate of drug-likeness (QED) is 0.537. The van der Waals surface area contributed by atoms with Crippen LogP contribution in [0.5, 0.6) is 0 Å². The van der Waals surface area contributed by atoms with Crippen molar-refractivity contribution in [1.29, 1.82) is 0 Å². The van der Waals surface area contributed by atoms with Gasteiger partial charge in [0.15, 0.2) is 18.5 Å². The highest BCUT2D eigenvalue weighted by Crippen LogP contribution is 2.20. The van der Waals surface area contributed by atoms with Crippen LogP contribution in [0.1, 0.15) is 20.8 Å². The van der Waals surface area contributed by atoms with Crippen LogP contribution in [0.15, 0.2) is 35.6 Å². The minimum absolute atomic E-state index is 0.475. The maximum Gasteiger partial charge on any atom is 0.196 e. The van der Waals surface area contributed by atoms with Gasteiger partial charge in [-0.2, -0.15) is 4.58 Å². The van der Waals surface area contributed by atoms with Crippen molar-refractivity contribution in [3.63, 3.8) is 0 Å². The second-order valence-electron chi connectivity index (χ2n) is 4.12. The molecular weight excluding hydrogens is 158 g/mol. The predicted octanol–water partition coefficient (Wildman–Crippen LogP) is 2.51. The van der Waals surface area contributed by atoms with Crippen molar-refractivity contribution in [1.82, 2.24) is 0 Å². The van der Waals surface area contributed by atoms with E-state index in [1.807, 2.05) is 0 Å². The second kappa shape index (κ2) is 2.99. The molecule has 1 heteroatoms. The summed E-state index contributed by atoms with van der Waals surface area (Å²) in [6.07, 6.45) is 11.3. The van der Waals surface area contributed by atoms with Crippen LogP contribution in [0.3, 0.4) is 0 Å². The summed E-state index contributed by atoms with van der Waals surface area (Å²) < 4.78 is 2.28. The van der Waals surface area contributed by atoms with Crippen LogP contribution in [-0.2, 0) is 0 Å². The van der Waals surface area contributed by atoms with Crippen LogP contribution in [0.25, 0.3) is 0 Å². The molecule has 0 saturated carbocycles. The molecule has 1 unspecified atom stereocenters. The van der Waals surface area contributed by atoms with Crippen molar-refractivity contribution in [2.75, 3.05) is 0 Å². The SMILES string of the molecule is CC1=CC2C=CC(C(C)C)=C[N+]2=C1. The fraction of sp³-hybridized carbons (Fsp3) is 0.417. The van der Waals surface area contributed by atoms with E-state index in [1.54, 1.807) is 0 Å². The molecule has 0 aromatic heterocycles. The summed E-state index contributed by atoms with van der Waals surface area (Å²) in [7, 11) is 0. The predicted molar refractivity (Wildman–Crippen MR) is 55.9 cm³/mol. The molecule has 0 aliphatic carbocycles. The minimum atomic E-state index is 0.475. The average molecular weight is 174 g/mol. The Labute approximate surface area is 79.8 Å². The summed E-state index contributed by atoms with van der Waals surface area (Å²) in [6, 6.07) is 0.475. The van der Waals surface area contributed by atoms with Crippen molar-refractivity contribution in [2.45, 2.75) is 26.8 Å². The van der Waals surface area contributed by atoms with Gasteiger partial charge in [-0.25, -0.2) is 0 Å². The second-order valence-corrected chi connectivity index (χ2v) is 4.12. The van der Waals surface area contributed by atoms with E-state index in [0.29, 0.717) is 12.0 Å². The lowest BCUT2D eigenvalue weighted by Crippen LogP contribution is -2.18. The van der Waals surface area contributed by atoms with E-state index >= 15 is 0 Å². The first-order valence-electron chi connectivity index (χ1n) is 4.87. The van der Waals surface area contributed by atoms with Crippen molar-refractivity contribution < 1.29 is 4.58 Å². The van der Waals surface area contributed by atoms with Crippen LogP contribution in [0.2, 0.25) is 0 Å². The summed E-state index contributed by atoms with van der Waals surface area (Å²) >= 11 is 0. The van der Waals surface area contributed by atoms with Crippen molar-refractivity contribution >= 4 is 6.21 Å². The smallest absolute Gasteiger partial charge is 0.194 e. The monoisotopic (exact) mass is 174 g/mol. The van der Waals surface area contributed by atoms with Gasteiger partial charge in [-0.05, 0) is 31.1 Å². The number of allylic oxidation sites excluding steroid dienone is 3. The molecule has 0 N–H and O–H groups in total. The lowest BCUT2D eigenvalue weighted by Gasteiger charge is -2.11. The molecule has 0 radical (unpaired) electrons. The van der Waals surface area contributed by atoms with Crippen LogP contribution in [-0.4, -0.2) is 16.8 Å². The molecule has 0 amide bonds. The number of hydrogen-bond donors (Lipinski definition) is 0. The molecule has 1 atom stereocenters. The highest BCUT2D eigenvalue weighted by Gasteiger charge is 2.24. The first-order chi connectivity index (χ1) is 6.16. The van der Waals surface area contributed by atoms with Gasteiger partial charge in [-0.3, -0.25) is 0 Å². The lowest BCUT2D eigenvalue weighted by molar-refractivity contribution is -0.467. The zero-order chi connectivity index (χ0) is 9.42. The third-order valence-electron chi connectivity index (χ3n) is 2.58. The molecule has 0 spiro atoms. The number of fused-ring (bicyclic) bond motifs is 1. The third-order valence-corrected chi connectivity index (χ3v) is 2.58. The minimum Gasteiger partial charge on any atom is -0.194 e. The fourth-order valence-electron chi connectivity index (χ4n) is 1.76.